The maximum atomic E-state index is 6.12. The first-order valence-electron chi connectivity index (χ1n) is 9.48. The Labute approximate surface area is 170 Å². The van der Waals surface area contributed by atoms with Gasteiger partial charge in [-0.05, 0) is 54.8 Å². The van der Waals surface area contributed by atoms with Gasteiger partial charge in [0.2, 0.25) is 0 Å². The lowest BCUT2D eigenvalue weighted by Gasteiger charge is -2.34. The third-order valence-corrected chi connectivity index (χ3v) is 5.78. The van der Waals surface area contributed by atoms with Crippen LogP contribution in [-0.4, -0.2) is 17.1 Å². The van der Waals surface area contributed by atoms with E-state index in [4.69, 9.17) is 23.2 Å². The molecule has 1 heterocycles. The van der Waals surface area contributed by atoms with Gasteiger partial charge in [-0.3, -0.25) is 4.98 Å². The Bertz CT molecular complexity index is 911. The van der Waals surface area contributed by atoms with Crippen LogP contribution < -0.4 is 10.6 Å². The number of rotatable bonds is 5. The second-order valence-electron chi connectivity index (χ2n) is 7.17. The van der Waals surface area contributed by atoms with E-state index in [0.717, 1.165) is 34.6 Å². The van der Waals surface area contributed by atoms with Crippen molar-refractivity contribution in [1.82, 2.24) is 10.3 Å². The highest BCUT2D eigenvalue weighted by molar-refractivity contribution is 6.31. The van der Waals surface area contributed by atoms with Gasteiger partial charge in [0, 0.05) is 45.9 Å². The van der Waals surface area contributed by atoms with Crippen LogP contribution in [0.3, 0.4) is 0 Å². The number of pyridine rings is 1. The normalized spacial score (nSPS) is 19.9. The third-order valence-electron chi connectivity index (χ3n) is 5.29. The molecule has 5 heteroatoms. The highest BCUT2D eigenvalue weighted by atomic mass is 35.5. The minimum Gasteiger partial charge on any atom is -0.380 e. The van der Waals surface area contributed by atoms with Crippen LogP contribution >= 0.6 is 23.2 Å². The number of hydrogen-bond acceptors (Lipinski definition) is 3. The highest BCUT2D eigenvalue weighted by Crippen LogP contribution is 2.28. The Balaban J connectivity index is 1.48. The van der Waals surface area contributed by atoms with E-state index < -0.39 is 0 Å². The molecule has 3 nitrogen and oxygen atoms in total. The average molecular weight is 400 g/mol. The van der Waals surface area contributed by atoms with E-state index in [2.05, 4.69) is 33.8 Å². The lowest BCUT2D eigenvalue weighted by molar-refractivity contribution is 0.342. The van der Waals surface area contributed by atoms with Crippen molar-refractivity contribution in [2.45, 2.75) is 44.3 Å². The SMILES string of the molecule is Clc1ccc(CNC2CCCCC2Nc2ccnc3cc(Cl)ccc23)cc1. The smallest absolute Gasteiger partial charge is 0.0737 e. The Kier molecular flexibility index (Phi) is 5.82. The van der Waals surface area contributed by atoms with Gasteiger partial charge >= 0.3 is 0 Å². The van der Waals surface area contributed by atoms with Gasteiger partial charge in [0.15, 0.2) is 0 Å². The van der Waals surface area contributed by atoms with Crippen LogP contribution in [0.4, 0.5) is 5.69 Å². The quantitative estimate of drug-likeness (QED) is 0.547. The molecule has 1 saturated carbocycles. The maximum Gasteiger partial charge on any atom is 0.0737 e. The monoisotopic (exact) mass is 399 g/mol. The topological polar surface area (TPSA) is 37.0 Å². The number of fused-ring (bicyclic) bond motifs is 1. The molecule has 1 aliphatic carbocycles. The molecule has 0 bridgehead atoms. The molecule has 0 saturated heterocycles. The fourth-order valence-corrected chi connectivity index (χ4v) is 4.14. The summed E-state index contributed by atoms with van der Waals surface area (Å²) < 4.78 is 0. The summed E-state index contributed by atoms with van der Waals surface area (Å²) in [6.45, 7) is 0.854. The molecule has 2 atom stereocenters. The molecule has 1 aromatic heterocycles. The van der Waals surface area contributed by atoms with Crippen molar-refractivity contribution < 1.29 is 0 Å². The Morgan fingerprint density at radius 3 is 2.44 bits per heavy atom. The molecule has 3 aromatic rings. The first kappa shape index (κ1) is 18.5. The summed E-state index contributed by atoms with van der Waals surface area (Å²) in [7, 11) is 0. The van der Waals surface area contributed by atoms with Gasteiger partial charge < -0.3 is 10.6 Å². The lowest BCUT2D eigenvalue weighted by Crippen LogP contribution is -2.45. The number of halogens is 2. The molecule has 2 N–H and O–H groups in total. The second kappa shape index (κ2) is 8.47. The van der Waals surface area contributed by atoms with Crippen molar-refractivity contribution in [3.63, 3.8) is 0 Å². The lowest BCUT2D eigenvalue weighted by atomic mass is 9.89. The van der Waals surface area contributed by atoms with Gasteiger partial charge in [0.1, 0.15) is 0 Å². The molecular formula is C22H23Cl2N3. The molecule has 0 radical (unpaired) electrons. The average Bonchev–Trinajstić information content (AvgIpc) is 2.68. The number of anilines is 1. The molecule has 0 spiro atoms. The first-order valence-corrected chi connectivity index (χ1v) is 10.2. The van der Waals surface area contributed by atoms with Crippen molar-refractivity contribution in [3.8, 4) is 0 Å². The van der Waals surface area contributed by atoms with Crippen LogP contribution in [-0.2, 0) is 6.54 Å². The van der Waals surface area contributed by atoms with E-state index in [-0.39, 0.29) is 0 Å². The molecule has 27 heavy (non-hydrogen) atoms. The highest BCUT2D eigenvalue weighted by Gasteiger charge is 2.25. The second-order valence-corrected chi connectivity index (χ2v) is 8.04. The summed E-state index contributed by atoms with van der Waals surface area (Å²) in [5.41, 5.74) is 3.31. The maximum absolute atomic E-state index is 6.12. The van der Waals surface area contributed by atoms with Crippen LogP contribution in [0, 0.1) is 0 Å². The fourth-order valence-electron chi connectivity index (χ4n) is 3.85. The van der Waals surface area contributed by atoms with Crippen LogP contribution in [0.5, 0.6) is 0 Å². The van der Waals surface area contributed by atoms with Crippen LogP contribution in [0.1, 0.15) is 31.2 Å². The molecular weight excluding hydrogens is 377 g/mol. The first-order chi connectivity index (χ1) is 13.2. The van der Waals surface area contributed by atoms with Crippen molar-refractivity contribution in [2.75, 3.05) is 5.32 Å². The molecule has 2 unspecified atom stereocenters. The van der Waals surface area contributed by atoms with Crippen LogP contribution in [0.2, 0.25) is 10.0 Å². The Morgan fingerprint density at radius 2 is 1.63 bits per heavy atom. The summed E-state index contributed by atoms with van der Waals surface area (Å²) >= 11 is 12.1. The Hall–Kier alpha value is -1.81. The minimum absolute atomic E-state index is 0.396. The zero-order valence-electron chi connectivity index (χ0n) is 15.1. The molecule has 2 aromatic carbocycles. The number of nitrogens with one attached hydrogen (secondary N) is 2. The molecule has 0 aliphatic heterocycles. The van der Waals surface area contributed by atoms with Gasteiger partial charge in [-0.1, -0.05) is 48.2 Å². The van der Waals surface area contributed by atoms with Gasteiger partial charge in [-0.2, -0.15) is 0 Å². The summed E-state index contributed by atoms with van der Waals surface area (Å²) in [5, 5.41) is 10.1. The van der Waals surface area contributed by atoms with Crippen LogP contribution in [0.15, 0.2) is 54.7 Å². The summed E-state index contributed by atoms with van der Waals surface area (Å²) in [4.78, 5) is 4.45. The number of nitrogens with zero attached hydrogens (tertiary/aromatic N) is 1. The van der Waals surface area contributed by atoms with Crippen molar-refractivity contribution in [2.24, 2.45) is 0 Å². The molecule has 140 valence electrons. The van der Waals surface area contributed by atoms with Crippen molar-refractivity contribution in [1.29, 1.82) is 0 Å². The molecule has 1 aliphatic rings. The molecule has 4 rings (SSSR count). The van der Waals surface area contributed by atoms with E-state index in [0.29, 0.717) is 17.1 Å². The van der Waals surface area contributed by atoms with Gasteiger partial charge in [0.05, 0.1) is 5.52 Å². The fraction of sp³-hybridized carbons (Fsp3) is 0.318. The van der Waals surface area contributed by atoms with Gasteiger partial charge in [0.25, 0.3) is 0 Å². The molecule has 1 fully saturated rings. The third kappa shape index (κ3) is 4.55. The molecule has 0 amide bonds. The predicted molar refractivity (Wildman–Crippen MR) is 115 cm³/mol. The number of aromatic nitrogens is 1. The van der Waals surface area contributed by atoms with E-state index >= 15 is 0 Å². The van der Waals surface area contributed by atoms with Crippen LogP contribution in [0.25, 0.3) is 10.9 Å². The van der Waals surface area contributed by atoms with Crippen molar-refractivity contribution >= 4 is 39.8 Å². The van der Waals surface area contributed by atoms with E-state index in [1.54, 1.807) is 0 Å². The number of benzene rings is 2. The number of hydrogen-bond donors (Lipinski definition) is 2. The van der Waals surface area contributed by atoms with E-state index in [9.17, 15) is 0 Å². The Morgan fingerprint density at radius 1 is 0.889 bits per heavy atom. The van der Waals surface area contributed by atoms with Crippen molar-refractivity contribution in [3.05, 3.63) is 70.3 Å². The van der Waals surface area contributed by atoms with Gasteiger partial charge in [-0.25, -0.2) is 0 Å². The zero-order valence-corrected chi connectivity index (χ0v) is 16.6. The van der Waals surface area contributed by atoms with E-state index in [1.165, 1.54) is 24.8 Å². The van der Waals surface area contributed by atoms with Gasteiger partial charge in [-0.15, -0.1) is 0 Å². The minimum atomic E-state index is 0.396. The standard InChI is InChI=1S/C22H23Cl2N3/c23-16-7-5-15(6-8-16)14-26-20-3-1-2-4-21(20)27-19-11-12-25-22-13-17(24)9-10-18(19)22/h5-13,20-21,26H,1-4,14H2,(H,25,27). The zero-order chi connectivity index (χ0) is 18.6. The summed E-state index contributed by atoms with van der Waals surface area (Å²) in [6.07, 6.45) is 6.71. The largest absolute Gasteiger partial charge is 0.380 e. The summed E-state index contributed by atoms with van der Waals surface area (Å²) in [5.74, 6) is 0. The van der Waals surface area contributed by atoms with E-state index in [1.807, 2.05) is 36.5 Å². The predicted octanol–water partition coefficient (Wildman–Crippen LogP) is 6.05. The summed E-state index contributed by atoms with van der Waals surface area (Å²) in [6, 6.07) is 16.8.